The highest BCUT2D eigenvalue weighted by molar-refractivity contribution is 5.35. The highest BCUT2D eigenvalue weighted by Crippen LogP contribution is 2.60. The lowest BCUT2D eigenvalue weighted by Crippen LogP contribution is -2.46. The summed E-state index contributed by atoms with van der Waals surface area (Å²) in [5.74, 6) is 2.00. The molecule has 2 fully saturated rings. The molecule has 3 aliphatic carbocycles. The first-order valence-electron chi connectivity index (χ1n) is 7.95. The molecule has 0 radical (unpaired) electrons. The number of hydrogen-bond acceptors (Lipinski definition) is 1. The van der Waals surface area contributed by atoms with Crippen molar-refractivity contribution >= 4 is 0 Å². The summed E-state index contributed by atoms with van der Waals surface area (Å²) in [6, 6.07) is 8.83. The molecule has 0 spiro atoms. The van der Waals surface area contributed by atoms with Crippen LogP contribution in [0.25, 0.3) is 0 Å². The van der Waals surface area contributed by atoms with Gasteiger partial charge in [-0.1, -0.05) is 37.6 Å². The Balaban J connectivity index is 1.77. The number of fused-ring (bicyclic) bond motifs is 5. The van der Waals surface area contributed by atoms with Crippen LogP contribution in [0.3, 0.4) is 0 Å². The number of aliphatic hydroxyl groups is 1. The minimum atomic E-state index is -0.120. The van der Waals surface area contributed by atoms with Gasteiger partial charge in [0, 0.05) is 5.92 Å². The molecule has 0 amide bonds. The Kier molecular flexibility index (Phi) is 2.57. The highest BCUT2D eigenvalue weighted by atomic mass is 16.3. The SMILES string of the molecule is C[C@@]12CCC[C@H]1[C@@H]1CCc3ccccc3[C@H]1[C@@H](O)C2. The van der Waals surface area contributed by atoms with E-state index in [1.807, 2.05) is 0 Å². The van der Waals surface area contributed by atoms with Gasteiger partial charge in [0.2, 0.25) is 0 Å². The van der Waals surface area contributed by atoms with E-state index in [9.17, 15) is 5.11 Å². The van der Waals surface area contributed by atoms with Crippen molar-refractivity contribution in [1.29, 1.82) is 0 Å². The second-order valence-electron chi connectivity index (χ2n) is 7.35. The fourth-order valence-corrected chi connectivity index (χ4v) is 5.61. The van der Waals surface area contributed by atoms with Crippen molar-refractivity contribution in [2.24, 2.45) is 17.3 Å². The van der Waals surface area contributed by atoms with E-state index in [2.05, 4.69) is 31.2 Å². The molecule has 4 rings (SSSR count). The Morgan fingerprint density at radius 3 is 2.95 bits per heavy atom. The van der Waals surface area contributed by atoms with Gasteiger partial charge in [-0.2, -0.15) is 0 Å². The van der Waals surface area contributed by atoms with Crippen molar-refractivity contribution in [2.45, 2.75) is 57.5 Å². The van der Waals surface area contributed by atoms with E-state index in [1.165, 1.54) is 43.2 Å². The summed E-state index contributed by atoms with van der Waals surface area (Å²) >= 11 is 0. The number of aryl methyl sites for hydroxylation is 1. The maximum absolute atomic E-state index is 10.8. The largest absolute Gasteiger partial charge is 0.392 e. The van der Waals surface area contributed by atoms with E-state index in [0.29, 0.717) is 11.3 Å². The maximum atomic E-state index is 10.8. The fraction of sp³-hybridized carbons (Fsp3) is 0.667. The van der Waals surface area contributed by atoms with Gasteiger partial charge in [0.1, 0.15) is 0 Å². The first kappa shape index (κ1) is 12.0. The summed E-state index contributed by atoms with van der Waals surface area (Å²) in [5, 5.41) is 10.8. The fourth-order valence-electron chi connectivity index (χ4n) is 5.61. The van der Waals surface area contributed by atoms with Gasteiger partial charge < -0.3 is 5.11 Å². The second-order valence-corrected chi connectivity index (χ2v) is 7.35. The Labute approximate surface area is 116 Å². The van der Waals surface area contributed by atoms with Crippen molar-refractivity contribution in [3.8, 4) is 0 Å². The average molecular weight is 256 g/mol. The molecule has 0 bridgehead atoms. The molecule has 1 aromatic rings. The molecule has 19 heavy (non-hydrogen) atoms. The molecule has 1 aromatic carbocycles. The van der Waals surface area contributed by atoms with E-state index >= 15 is 0 Å². The van der Waals surface area contributed by atoms with Gasteiger partial charge in [-0.3, -0.25) is 0 Å². The molecule has 102 valence electrons. The zero-order valence-corrected chi connectivity index (χ0v) is 11.8. The summed E-state index contributed by atoms with van der Waals surface area (Å²) in [6.07, 6.45) is 7.51. The van der Waals surface area contributed by atoms with Crippen molar-refractivity contribution < 1.29 is 5.11 Å². The van der Waals surface area contributed by atoms with Gasteiger partial charge >= 0.3 is 0 Å². The first-order valence-corrected chi connectivity index (χ1v) is 7.95. The first-order chi connectivity index (χ1) is 9.19. The third kappa shape index (κ3) is 1.64. The molecule has 3 aliphatic rings. The smallest absolute Gasteiger partial charge is 0.0616 e. The van der Waals surface area contributed by atoms with E-state index < -0.39 is 0 Å². The van der Waals surface area contributed by atoms with Crippen LogP contribution in [-0.4, -0.2) is 11.2 Å². The van der Waals surface area contributed by atoms with Crippen molar-refractivity contribution in [1.82, 2.24) is 0 Å². The number of hydrogen-bond donors (Lipinski definition) is 1. The predicted molar refractivity (Wildman–Crippen MR) is 77.1 cm³/mol. The van der Waals surface area contributed by atoms with Gasteiger partial charge in [-0.25, -0.2) is 0 Å². The quantitative estimate of drug-likeness (QED) is 0.746. The monoisotopic (exact) mass is 256 g/mol. The van der Waals surface area contributed by atoms with Crippen LogP contribution in [0.5, 0.6) is 0 Å². The van der Waals surface area contributed by atoms with Gasteiger partial charge in [0.25, 0.3) is 0 Å². The number of benzene rings is 1. The van der Waals surface area contributed by atoms with Crippen LogP contribution in [0.15, 0.2) is 24.3 Å². The molecule has 2 saturated carbocycles. The van der Waals surface area contributed by atoms with E-state index in [1.54, 1.807) is 0 Å². The third-order valence-corrected chi connectivity index (χ3v) is 6.39. The molecule has 1 heteroatoms. The molecule has 0 aliphatic heterocycles. The van der Waals surface area contributed by atoms with Crippen molar-refractivity contribution in [2.75, 3.05) is 0 Å². The van der Waals surface area contributed by atoms with Gasteiger partial charge in [-0.05, 0) is 60.5 Å². The summed E-state index contributed by atoms with van der Waals surface area (Å²) in [5.41, 5.74) is 3.37. The molecular weight excluding hydrogens is 232 g/mol. The second kappa shape index (κ2) is 4.09. The van der Waals surface area contributed by atoms with Crippen molar-refractivity contribution in [3.63, 3.8) is 0 Å². The molecule has 1 nitrogen and oxygen atoms in total. The van der Waals surface area contributed by atoms with Gasteiger partial charge in [-0.15, -0.1) is 0 Å². The van der Waals surface area contributed by atoms with E-state index in [0.717, 1.165) is 18.3 Å². The standard InChI is InChI=1S/C18H24O/c1-18-10-4-7-15(18)14-9-8-12-5-2-3-6-13(12)17(14)16(19)11-18/h2-3,5-6,14-17,19H,4,7-11H2,1H3/t14-,15-,16-,17+,18-/m0/s1. The molecule has 5 atom stereocenters. The van der Waals surface area contributed by atoms with Gasteiger partial charge in [0.15, 0.2) is 0 Å². The summed E-state index contributed by atoms with van der Waals surface area (Å²) in [6.45, 7) is 2.44. The van der Waals surface area contributed by atoms with Crippen LogP contribution in [0, 0.1) is 17.3 Å². The van der Waals surface area contributed by atoms with Crippen LogP contribution >= 0.6 is 0 Å². The number of aliphatic hydroxyl groups excluding tert-OH is 1. The van der Waals surface area contributed by atoms with Gasteiger partial charge in [0.05, 0.1) is 6.10 Å². The zero-order valence-electron chi connectivity index (χ0n) is 11.8. The normalized spacial score (nSPS) is 44.3. The van der Waals surface area contributed by atoms with Crippen LogP contribution in [0.2, 0.25) is 0 Å². The lowest BCUT2D eigenvalue weighted by molar-refractivity contribution is -0.0371. The zero-order chi connectivity index (χ0) is 13.0. The van der Waals surface area contributed by atoms with E-state index in [4.69, 9.17) is 0 Å². The number of rotatable bonds is 0. The lowest BCUT2D eigenvalue weighted by atomic mass is 9.55. The predicted octanol–water partition coefficient (Wildman–Crippen LogP) is 3.90. The molecule has 0 saturated heterocycles. The lowest BCUT2D eigenvalue weighted by Gasteiger charge is -2.51. The van der Waals surface area contributed by atoms with Crippen LogP contribution in [0.4, 0.5) is 0 Å². The Bertz CT molecular complexity index is 494. The summed E-state index contributed by atoms with van der Waals surface area (Å²) in [7, 11) is 0. The molecule has 1 N–H and O–H groups in total. The Morgan fingerprint density at radius 1 is 1.21 bits per heavy atom. The minimum Gasteiger partial charge on any atom is -0.392 e. The molecule has 0 heterocycles. The van der Waals surface area contributed by atoms with Crippen LogP contribution in [-0.2, 0) is 6.42 Å². The van der Waals surface area contributed by atoms with Crippen LogP contribution < -0.4 is 0 Å². The topological polar surface area (TPSA) is 20.2 Å². The minimum absolute atomic E-state index is 0.120. The van der Waals surface area contributed by atoms with Crippen molar-refractivity contribution in [3.05, 3.63) is 35.4 Å². The summed E-state index contributed by atoms with van der Waals surface area (Å²) < 4.78 is 0. The third-order valence-electron chi connectivity index (χ3n) is 6.39. The molecule has 0 aromatic heterocycles. The molecular formula is C18H24O. The Morgan fingerprint density at radius 2 is 2.05 bits per heavy atom. The van der Waals surface area contributed by atoms with Crippen LogP contribution in [0.1, 0.15) is 56.1 Å². The summed E-state index contributed by atoms with van der Waals surface area (Å²) in [4.78, 5) is 0. The average Bonchev–Trinajstić information content (AvgIpc) is 2.79. The molecule has 0 unspecified atom stereocenters. The van der Waals surface area contributed by atoms with E-state index in [-0.39, 0.29) is 6.10 Å². The maximum Gasteiger partial charge on any atom is 0.0616 e. The Hall–Kier alpha value is -0.820. The highest BCUT2D eigenvalue weighted by Gasteiger charge is 2.53.